The number of nitrogens with two attached hydrogens (primary N) is 1. The zero-order valence-electron chi connectivity index (χ0n) is 7.02. The fourth-order valence-electron chi connectivity index (χ4n) is 1.10. The molecule has 0 amide bonds. The highest BCUT2D eigenvalue weighted by Crippen LogP contribution is 2.19. The van der Waals surface area contributed by atoms with Crippen molar-refractivity contribution in [3.05, 3.63) is 35.9 Å². The number of hydrogen-bond donors (Lipinski definition) is 1. The van der Waals surface area contributed by atoms with Gasteiger partial charge in [0.05, 0.1) is 0 Å². The summed E-state index contributed by atoms with van der Waals surface area (Å²) >= 11 is 0. The quantitative estimate of drug-likeness (QED) is 0.607. The van der Waals surface area contributed by atoms with Crippen LogP contribution >= 0.6 is 0 Å². The Bertz CT molecular complexity index is 287. The van der Waals surface area contributed by atoms with Crippen LogP contribution in [0.2, 0.25) is 0 Å². The molecule has 0 aliphatic rings. The molecule has 1 aromatic carbocycles. The lowest BCUT2D eigenvalue weighted by Gasteiger charge is -2.04. The molecule has 58 valence electrons. The van der Waals surface area contributed by atoms with E-state index in [0.29, 0.717) is 0 Å². The first-order valence-electron chi connectivity index (χ1n) is 3.63. The van der Waals surface area contributed by atoms with Crippen molar-refractivity contribution < 1.29 is 0 Å². The van der Waals surface area contributed by atoms with Crippen LogP contribution in [0.1, 0.15) is 18.1 Å². The Morgan fingerprint density at radius 2 is 2.09 bits per heavy atom. The predicted molar refractivity (Wildman–Crippen MR) is 50.3 cm³/mol. The first-order chi connectivity index (χ1) is 5.11. The second-order valence-corrected chi connectivity index (χ2v) is 2.85. The summed E-state index contributed by atoms with van der Waals surface area (Å²) in [5, 5.41) is 0. The maximum atomic E-state index is 5.62. The van der Waals surface area contributed by atoms with Gasteiger partial charge in [-0.25, -0.2) is 0 Å². The molecule has 0 fully saturated rings. The highest BCUT2D eigenvalue weighted by atomic mass is 14.5. The Morgan fingerprint density at radius 1 is 1.45 bits per heavy atom. The van der Waals surface area contributed by atoms with E-state index in [1.165, 1.54) is 5.56 Å². The summed E-state index contributed by atoms with van der Waals surface area (Å²) in [6, 6.07) is 5.87. The van der Waals surface area contributed by atoms with Crippen molar-refractivity contribution in [2.24, 2.45) is 0 Å². The number of hydrogen-bond acceptors (Lipinski definition) is 1. The van der Waals surface area contributed by atoms with Gasteiger partial charge in [-0.05, 0) is 37.1 Å². The molecule has 0 radical (unpaired) electrons. The monoisotopic (exact) mass is 147 g/mol. The van der Waals surface area contributed by atoms with Gasteiger partial charge in [0.1, 0.15) is 0 Å². The second-order valence-electron chi connectivity index (χ2n) is 2.85. The Morgan fingerprint density at radius 3 is 2.55 bits per heavy atom. The second kappa shape index (κ2) is 2.79. The van der Waals surface area contributed by atoms with Gasteiger partial charge in [-0.2, -0.15) is 0 Å². The molecule has 0 atom stereocenters. The van der Waals surface area contributed by atoms with Crippen molar-refractivity contribution in [3.63, 3.8) is 0 Å². The van der Waals surface area contributed by atoms with E-state index in [1.807, 2.05) is 25.1 Å². The van der Waals surface area contributed by atoms with E-state index in [-0.39, 0.29) is 0 Å². The summed E-state index contributed by atoms with van der Waals surface area (Å²) in [5.74, 6) is 0. The first-order valence-corrected chi connectivity index (χ1v) is 3.63. The van der Waals surface area contributed by atoms with E-state index in [9.17, 15) is 0 Å². The van der Waals surface area contributed by atoms with E-state index in [0.717, 1.165) is 16.8 Å². The molecule has 0 aromatic heterocycles. The van der Waals surface area contributed by atoms with Gasteiger partial charge in [0.15, 0.2) is 0 Å². The van der Waals surface area contributed by atoms with Gasteiger partial charge in [0, 0.05) is 5.69 Å². The largest absolute Gasteiger partial charge is 0.399 e. The fraction of sp³-hybridized carbons (Fsp3) is 0.200. The predicted octanol–water partition coefficient (Wildman–Crippen LogP) is 2.61. The van der Waals surface area contributed by atoms with Crippen molar-refractivity contribution in [2.45, 2.75) is 13.8 Å². The number of anilines is 1. The lowest BCUT2D eigenvalue weighted by molar-refractivity contribution is 1.41. The minimum Gasteiger partial charge on any atom is -0.399 e. The summed E-state index contributed by atoms with van der Waals surface area (Å²) in [4.78, 5) is 0. The van der Waals surface area contributed by atoms with Crippen LogP contribution in [0.25, 0.3) is 5.57 Å². The number of benzene rings is 1. The highest BCUT2D eigenvalue weighted by molar-refractivity contribution is 5.67. The first kappa shape index (κ1) is 7.86. The van der Waals surface area contributed by atoms with E-state index >= 15 is 0 Å². The molecular weight excluding hydrogens is 134 g/mol. The van der Waals surface area contributed by atoms with Gasteiger partial charge in [0.2, 0.25) is 0 Å². The molecule has 0 spiro atoms. The van der Waals surface area contributed by atoms with Crippen LogP contribution in [-0.4, -0.2) is 0 Å². The van der Waals surface area contributed by atoms with E-state index in [4.69, 9.17) is 5.73 Å². The summed E-state index contributed by atoms with van der Waals surface area (Å²) in [7, 11) is 0. The summed E-state index contributed by atoms with van der Waals surface area (Å²) < 4.78 is 0. The smallest absolute Gasteiger partial charge is 0.0320 e. The number of nitrogen functional groups attached to an aromatic ring is 1. The van der Waals surface area contributed by atoms with Gasteiger partial charge < -0.3 is 5.73 Å². The van der Waals surface area contributed by atoms with Crippen molar-refractivity contribution in [3.8, 4) is 0 Å². The molecule has 0 heterocycles. The van der Waals surface area contributed by atoms with Crippen LogP contribution in [0.3, 0.4) is 0 Å². The SMILES string of the molecule is C=C(C)c1cc(N)ccc1C. The minimum atomic E-state index is 0.800. The molecular formula is C10H13N. The van der Waals surface area contributed by atoms with Crippen molar-refractivity contribution in [2.75, 3.05) is 5.73 Å². The third-order valence-electron chi connectivity index (χ3n) is 1.72. The van der Waals surface area contributed by atoms with Gasteiger partial charge in [0.25, 0.3) is 0 Å². The molecule has 1 aromatic rings. The molecule has 1 heteroatoms. The third-order valence-corrected chi connectivity index (χ3v) is 1.72. The van der Waals surface area contributed by atoms with Crippen LogP contribution in [0.5, 0.6) is 0 Å². The Labute approximate surface area is 67.5 Å². The number of aryl methyl sites for hydroxylation is 1. The molecule has 11 heavy (non-hydrogen) atoms. The lowest BCUT2D eigenvalue weighted by atomic mass is 10.0. The number of allylic oxidation sites excluding steroid dienone is 1. The fourth-order valence-corrected chi connectivity index (χ4v) is 1.10. The van der Waals surface area contributed by atoms with Crippen LogP contribution in [0, 0.1) is 6.92 Å². The normalized spacial score (nSPS) is 9.64. The van der Waals surface area contributed by atoms with Crippen molar-refractivity contribution >= 4 is 11.3 Å². The van der Waals surface area contributed by atoms with E-state index < -0.39 is 0 Å². The van der Waals surface area contributed by atoms with E-state index in [1.54, 1.807) is 0 Å². The topological polar surface area (TPSA) is 26.0 Å². The molecule has 0 saturated heterocycles. The average molecular weight is 147 g/mol. The van der Waals surface area contributed by atoms with Gasteiger partial charge in [-0.15, -0.1) is 0 Å². The third kappa shape index (κ3) is 1.61. The summed E-state index contributed by atoms with van der Waals surface area (Å²) in [6.45, 7) is 7.92. The summed E-state index contributed by atoms with van der Waals surface area (Å²) in [5.41, 5.74) is 9.87. The molecule has 1 nitrogen and oxygen atoms in total. The molecule has 0 aliphatic carbocycles. The highest BCUT2D eigenvalue weighted by Gasteiger charge is 1.97. The molecule has 2 N–H and O–H groups in total. The molecule has 0 bridgehead atoms. The van der Waals surface area contributed by atoms with Gasteiger partial charge in [-0.3, -0.25) is 0 Å². The van der Waals surface area contributed by atoms with Crippen molar-refractivity contribution in [1.29, 1.82) is 0 Å². The Balaban J connectivity index is 3.23. The van der Waals surface area contributed by atoms with Gasteiger partial charge in [-0.1, -0.05) is 18.2 Å². The van der Waals surface area contributed by atoms with Crippen LogP contribution in [0.4, 0.5) is 5.69 Å². The van der Waals surface area contributed by atoms with Crippen LogP contribution < -0.4 is 5.73 Å². The zero-order valence-corrected chi connectivity index (χ0v) is 7.02. The molecule has 0 saturated carbocycles. The standard InChI is InChI=1S/C10H13N/c1-7(2)10-6-9(11)5-4-8(10)3/h4-6H,1,11H2,2-3H3. The lowest BCUT2D eigenvalue weighted by Crippen LogP contribution is -1.89. The van der Waals surface area contributed by atoms with Crippen molar-refractivity contribution in [1.82, 2.24) is 0 Å². The Hall–Kier alpha value is -1.24. The van der Waals surface area contributed by atoms with Crippen LogP contribution in [0.15, 0.2) is 24.8 Å². The number of rotatable bonds is 1. The maximum absolute atomic E-state index is 5.62. The molecule has 0 aliphatic heterocycles. The Kier molecular flexibility index (Phi) is 1.99. The minimum absolute atomic E-state index is 0.800. The zero-order chi connectivity index (χ0) is 8.43. The van der Waals surface area contributed by atoms with Gasteiger partial charge >= 0.3 is 0 Å². The maximum Gasteiger partial charge on any atom is 0.0320 e. The molecule has 1 rings (SSSR count). The summed E-state index contributed by atoms with van der Waals surface area (Å²) in [6.07, 6.45) is 0. The molecule has 0 unspecified atom stereocenters. The van der Waals surface area contributed by atoms with Crippen LogP contribution in [-0.2, 0) is 0 Å². The van der Waals surface area contributed by atoms with E-state index in [2.05, 4.69) is 13.5 Å². The average Bonchev–Trinajstić information content (AvgIpc) is 1.94.